The van der Waals surface area contributed by atoms with Crippen molar-refractivity contribution in [2.24, 2.45) is 0 Å². The van der Waals surface area contributed by atoms with Gasteiger partial charge < -0.3 is 10.1 Å². The molecule has 0 unspecified atom stereocenters. The molecule has 0 bridgehead atoms. The summed E-state index contributed by atoms with van der Waals surface area (Å²) in [4.78, 5) is 0. The molecule has 2 aromatic carbocycles. The number of methoxy groups -OCH3 is 1. The number of anilines is 1. The largest absolute Gasteiger partial charge is 0.497 e. The quantitative estimate of drug-likeness (QED) is 0.913. The van der Waals surface area contributed by atoms with E-state index in [2.05, 4.69) is 21.2 Å². The van der Waals surface area contributed by atoms with Gasteiger partial charge in [-0.1, -0.05) is 15.9 Å². The van der Waals surface area contributed by atoms with Gasteiger partial charge in [0.05, 0.1) is 7.11 Å². The van der Waals surface area contributed by atoms with Crippen molar-refractivity contribution in [1.82, 2.24) is 0 Å². The minimum absolute atomic E-state index is 0.232. The summed E-state index contributed by atoms with van der Waals surface area (Å²) in [7, 11) is 1.63. The van der Waals surface area contributed by atoms with Gasteiger partial charge in [-0.25, -0.2) is 4.39 Å². The summed E-state index contributed by atoms with van der Waals surface area (Å²) in [6.45, 7) is 0.560. The zero-order valence-corrected chi connectivity index (χ0v) is 11.5. The predicted octanol–water partition coefficient (Wildman–Crippen LogP) is 4.21. The Hall–Kier alpha value is -1.55. The van der Waals surface area contributed by atoms with E-state index in [1.807, 2.05) is 24.3 Å². The molecular weight excluding hydrogens is 297 g/mol. The van der Waals surface area contributed by atoms with Crippen molar-refractivity contribution in [2.75, 3.05) is 12.4 Å². The molecule has 4 heteroatoms. The third-order valence-corrected chi connectivity index (χ3v) is 3.35. The van der Waals surface area contributed by atoms with Crippen LogP contribution >= 0.6 is 15.9 Å². The van der Waals surface area contributed by atoms with Crippen LogP contribution in [0.15, 0.2) is 46.9 Å². The molecule has 94 valence electrons. The number of benzene rings is 2. The first-order chi connectivity index (χ1) is 8.69. The van der Waals surface area contributed by atoms with Gasteiger partial charge in [-0.3, -0.25) is 0 Å². The molecule has 0 atom stereocenters. The van der Waals surface area contributed by atoms with E-state index >= 15 is 0 Å². The number of hydrogen-bond donors (Lipinski definition) is 1. The maximum Gasteiger partial charge on any atom is 0.123 e. The Labute approximate surface area is 114 Å². The van der Waals surface area contributed by atoms with Gasteiger partial charge in [0.1, 0.15) is 11.6 Å². The second-order valence-corrected chi connectivity index (χ2v) is 4.67. The van der Waals surface area contributed by atoms with E-state index in [1.54, 1.807) is 13.2 Å². The molecule has 0 saturated carbocycles. The molecule has 1 N–H and O–H groups in total. The fraction of sp³-hybridized carbons (Fsp3) is 0.143. The summed E-state index contributed by atoms with van der Waals surface area (Å²) in [5.74, 6) is 0.581. The maximum atomic E-state index is 13.1. The fourth-order valence-electron chi connectivity index (χ4n) is 1.58. The molecule has 2 nitrogen and oxygen atoms in total. The summed E-state index contributed by atoms with van der Waals surface area (Å²) < 4.78 is 19.1. The molecule has 0 aliphatic rings. The zero-order chi connectivity index (χ0) is 13.0. The highest BCUT2D eigenvalue weighted by Crippen LogP contribution is 2.20. The first-order valence-electron chi connectivity index (χ1n) is 5.51. The topological polar surface area (TPSA) is 21.3 Å². The van der Waals surface area contributed by atoms with Gasteiger partial charge in [-0.15, -0.1) is 0 Å². The van der Waals surface area contributed by atoms with E-state index in [0.717, 1.165) is 21.5 Å². The molecule has 2 aromatic rings. The van der Waals surface area contributed by atoms with Gasteiger partial charge >= 0.3 is 0 Å². The van der Waals surface area contributed by atoms with Crippen molar-refractivity contribution < 1.29 is 9.13 Å². The van der Waals surface area contributed by atoms with E-state index in [-0.39, 0.29) is 5.82 Å². The number of halogens is 2. The Balaban J connectivity index is 2.04. The fourth-order valence-corrected chi connectivity index (χ4v) is 1.97. The second kappa shape index (κ2) is 5.87. The number of nitrogens with one attached hydrogen (secondary N) is 1. The molecule has 0 aliphatic heterocycles. The Morgan fingerprint density at radius 1 is 1.17 bits per heavy atom. The standard InChI is InChI=1S/C14H13BrFNO/c1-18-13-5-3-12(4-6-13)17-9-10-8-11(16)2-7-14(10)15/h2-8,17H,9H2,1H3. The lowest BCUT2D eigenvalue weighted by Gasteiger charge is -2.09. The van der Waals surface area contributed by atoms with Crippen LogP contribution in [-0.2, 0) is 6.54 Å². The lowest BCUT2D eigenvalue weighted by atomic mass is 10.2. The van der Waals surface area contributed by atoms with Crippen LogP contribution in [0.3, 0.4) is 0 Å². The van der Waals surface area contributed by atoms with Crippen LogP contribution in [0, 0.1) is 5.82 Å². The first kappa shape index (κ1) is 12.9. The molecule has 2 rings (SSSR count). The normalized spacial score (nSPS) is 10.2. The summed E-state index contributed by atoms with van der Waals surface area (Å²) in [6.07, 6.45) is 0. The van der Waals surface area contributed by atoms with Crippen molar-refractivity contribution in [3.8, 4) is 5.75 Å². The molecule has 0 radical (unpaired) electrons. The lowest BCUT2D eigenvalue weighted by Crippen LogP contribution is -2.00. The number of hydrogen-bond acceptors (Lipinski definition) is 2. The van der Waals surface area contributed by atoms with E-state index in [0.29, 0.717) is 6.54 Å². The Bertz CT molecular complexity index is 528. The zero-order valence-electron chi connectivity index (χ0n) is 9.91. The molecule has 0 aliphatic carbocycles. The van der Waals surface area contributed by atoms with Crippen LogP contribution in [0.5, 0.6) is 5.75 Å². The van der Waals surface area contributed by atoms with Crippen LogP contribution in [-0.4, -0.2) is 7.11 Å². The minimum Gasteiger partial charge on any atom is -0.497 e. The maximum absolute atomic E-state index is 13.1. The Kier molecular flexibility index (Phi) is 4.20. The van der Waals surface area contributed by atoms with Gasteiger partial charge in [0.2, 0.25) is 0 Å². The highest BCUT2D eigenvalue weighted by Gasteiger charge is 2.02. The summed E-state index contributed by atoms with van der Waals surface area (Å²) in [5.41, 5.74) is 1.85. The van der Waals surface area contributed by atoms with Crippen molar-refractivity contribution in [2.45, 2.75) is 6.54 Å². The van der Waals surface area contributed by atoms with Gasteiger partial charge in [0.15, 0.2) is 0 Å². The van der Waals surface area contributed by atoms with Crippen molar-refractivity contribution in [3.05, 3.63) is 58.3 Å². The molecule has 0 aromatic heterocycles. The second-order valence-electron chi connectivity index (χ2n) is 3.82. The number of ether oxygens (including phenoxy) is 1. The molecule has 0 spiro atoms. The monoisotopic (exact) mass is 309 g/mol. The third-order valence-electron chi connectivity index (χ3n) is 2.58. The molecular formula is C14H13BrFNO. The van der Waals surface area contributed by atoms with Gasteiger partial charge in [0.25, 0.3) is 0 Å². The third kappa shape index (κ3) is 3.23. The van der Waals surface area contributed by atoms with Crippen molar-refractivity contribution >= 4 is 21.6 Å². The molecule has 0 amide bonds. The van der Waals surface area contributed by atoms with E-state index < -0.39 is 0 Å². The van der Waals surface area contributed by atoms with Crippen molar-refractivity contribution in [1.29, 1.82) is 0 Å². The van der Waals surface area contributed by atoms with E-state index in [4.69, 9.17) is 4.74 Å². The van der Waals surface area contributed by atoms with Crippen LogP contribution in [0.4, 0.5) is 10.1 Å². The van der Waals surface area contributed by atoms with Gasteiger partial charge in [-0.2, -0.15) is 0 Å². The van der Waals surface area contributed by atoms with Crippen LogP contribution in [0.25, 0.3) is 0 Å². The summed E-state index contributed by atoms with van der Waals surface area (Å²) in [5, 5.41) is 3.23. The first-order valence-corrected chi connectivity index (χ1v) is 6.30. The molecule has 0 saturated heterocycles. The van der Waals surface area contributed by atoms with E-state index in [9.17, 15) is 4.39 Å². The average Bonchev–Trinajstić information content (AvgIpc) is 2.40. The van der Waals surface area contributed by atoms with Crippen LogP contribution < -0.4 is 10.1 Å². The Morgan fingerprint density at radius 3 is 2.56 bits per heavy atom. The Morgan fingerprint density at radius 2 is 1.89 bits per heavy atom. The molecule has 0 fully saturated rings. The average molecular weight is 310 g/mol. The molecule has 18 heavy (non-hydrogen) atoms. The summed E-state index contributed by atoms with van der Waals surface area (Å²) >= 11 is 3.40. The smallest absolute Gasteiger partial charge is 0.123 e. The van der Waals surface area contributed by atoms with Gasteiger partial charge in [-0.05, 0) is 48.0 Å². The van der Waals surface area contributed by atoms with Crippen LogP contribution in [0.2, 0.25) is 0 Å². The SMILES string of the molecule is COc1ccc(NCc2cc(F)ccc2Br)cc1. The molecule has 0 heterocycles. The summed E-state index contributed by atoms with van der Waals surface area (Å²) in [6, 6.07) is 12.3. The lowest BCUT2D eigenvalue weighted by molar-refractivity contribution is 0.415. The van der Waals surface area contributed by atoms with E-state index in [1.165, 1.54) is 12.1 Å². The highest BCUT2D eigenvalue weighted by molar-refractivity contribution is 9.10. The van der Waals surface area contributed by atoms with Crippen LogP contribution in [0.1, 0.15) is 5.56 Å². The minimum atomic E-state index is -0.232. The predicted molar refractivity (Wildman–Crippen MR) is 74.4 cm³/mol. The number of rotatable bonds is 4. The van der Waals surface area contributed by atoms with Crippen molar-refractivity contribution in [3.63, 3.8) is 0 Å². The highest BCUT2D eigenvalue weighted by atomic mass is 79.9. The van der Waals surface area contributed by atoms with Gasteiger partial charge in [0, 0.05) is 16.7 Å².